The van der Waals surface area contributed by atoms with Gasteiger partial charge in [-0.3, -0.25) is 9.59 Å². The zero-order valence-electron chi connectivity index (χ0n) is 19.0. The van der Waals surface area contributed by atoms with E-state index in [1.807, 2.05) is 0 Å². The van der Waals surface area contributed by atoms with E-state index in [2.05, 4.69) is 20.5 Å². The second kappa shape index (κ2) is 9.14. The Morgan fingerprint density at radius 3 is 2.64 bits per heavy atom. The number of hydrogen-bond acceptors (Lipinski definition) is 13. The maximum absolute atomic E-state index is 13.2. The van der Waals surface area contributed by atoms with Crippen LogP contribution in [-0.4, -0.2) is 82.0 Å². The van der Waals surface area contributed by atoms with Gasteiger partial charge in [0, 0.05) is 18.3 Å². The molecule has 2 aromatic heterocycles. The number of amides is 1. The summed E-state index contributed by atoms with van der Waals surface area (Å²) in [6.07, 6.45) is 1.08. The molecule has 17 heteroatoms. The molecular formula is C19H22N8O7S2. The highest BCUT2D eigenvalue weighted by Crippen LogP contribution is 2.53. The van der Waals surface area contributed by atoms with Gasteiger partial charge in [0.05, 0.1) is 29.7 Å². The molecule has 2 aromatic rings. The van der Waals surface area contributed by atoms with Crippen LogP contribution in [0.25, 0.3) is 0 Å². The lowest BCUT2D eigenvalue weighted by Gasteiger charge is -2.40. The Morgan fingerprint density at radius 1 is 1.36 bits per heavy atom. The normalized spacial score (nSPS) is 23.8. The lowest BCUT2D eigenvalue weighted by Crippen LogP contribution is -2.57. The summed E-state index contributed by atoms with van der Waals surface area (Å²) in [6, 6.07) is 0. The number of thiazole rings is 1. The third-order valence-corrected chi connectivity index (χ3v) is 8.10. The van der Waals surface area contributed by atoms with Gasteiger partial charge in [0.15, 0.2) is 16.6 Å². The summed E-state index contributed by atoms with van der Waals surface area (Å²) in [5.74, 6) is -4.43. The van der Waals surface area contributed by atoms with Crippen LogP contribution in [0.2, 0.25) is 0 Å². The number of fused-ring (bicyclic) bond motifs is 1. The number of carboxylic acids is 2. The predicted molar refractivity (Wildman–Crippen MR) is 126 cm³/mol. The van der Waals surface area contributed by atoms with Crippen molar-refractivity contribution < 1.29 is 34.2 Å². The molecule has 15 nitrogen and oxygen atoms in total. The third-order valence-electron chi connectivity index (χ3n) is 5.72. The molecular weight excluding hydrogens is 516 g/mol. The number of nitrogens with zero attached hydrogens (tertiary/aromatic N) is 6. The predicted octanol–water partition coefficient (Wildman–Crippen LogP) is -0.712. The van der Waals surface area contributed by atoms with Gasteiger partial charge in [0.1, 0.15) is 5.69 Å². The van der Waals surface area contributed by atoms with Crippen molar-refractivity contribution in [2.45, 2.75) is 42.7 Å². The smallest absolute Gasteiger partial charge is 0.350 e. The minimum absolute atomic E-state index is 0.0631. The second-order valence-electron chi connectivity index (χ2n) is 8.57. The highest BCUT2D eigenvalue weighted by Gasteiger charge is 2.63. The van der Waals surface area contributed by atoms with Crippen LogP contribution in [0.3, 0.4) is 0 Å². The molecule has 192 valence electrons. The fourth-order valence-electron chi connectivity index (χ4n) is 3.61. The Morgan fingerprint density at radius 2 is 2.08 bits per heavy atom. The molecule has 0 spiro atoms. The lowest BCUT2D eigenvalue weighted by molar-refractivity contribution is -0.161. The first-order valence-corrected chi connectivity index (χ1v) is 12.2. The number of carbonyl (C=O) groups excluding carboxylic acids is 2. The highest BCUT2D eigenvalue weighted by atomic mass is 32.2. The number of hydrogen-bond donors (Lipinski definition) is 4. The molecule has 2 aliphatic heterocycles. The maximum Gasteiger partial charge on any atom is 0.350 e. The average molecular weight is 539 g/mol. The molecule has 36 heavy (non-hydrogen) atoms. The summed E-state index contributed by atoms with van der Waals surface area (Å²) >= 11 is 2.01. The van der Waals surface area contributed by atoms with Crippen molar-refractivity contribution in [1.29, 1.82) is 0 Å². The van der Waals surface area contributed by atoms with Gasteiger partial charge in [0.2, 0.25) is 16.4 Å². The van der Waals surface area contributed by atoms with Crippen LogP contribution in [0.15, 0.2) is 16.7 Å². The summed E-state index contributed by atoms with van der Waals surface area (Å²) in [5, 5.41) is 31.7. The Balaban J connectivity index is 1.57. The first-order chi connectivity index (χ1) is 16.9. The van der Waals surface area contributed by atoms with Gasteiger partial charge in [-0.05, 0) is 13.8 Å². The minimum atomic E-state index is -1.74. The summed E-state index contributed by atoms with van der Waals surface area (Å²) in [7, 11) is 0. The molecule has 1 amide bonds. The van der Waals surface area contributed by atoms with E-state index in [4.69, 9.17) is 16.3 Å². The van der Waals surface area contributed by atoms with Gasteiger partial charge < -0.3 is 31.4 Å². The number of carboxylic acid groups (broad SMARTS) is 2. The summed E-state index contributed by atoms with van der Waals surface area (Å²) in [5.41, 5.74) is 9.65. The molecule has 1 unspecified atom stereocenters. The molecule has 2 aliphatic rings. The Hall–Kier alpha value is -3.57. The van der Waals surface area contributed by atoms with E-state index in [0.717, 1.165) is 23.1 Å². The van der Waals surface area contributed by atoms with Gasteiger partial charge in [-0.1, -0.05) is 22.1 Å². The van der Waals surface area contributed by atoms with E-state index in [1.54, 1.807) is 0 Å². The first-order valence-electron chi connectivity index (χ1n) is 10.5. The van der Waals surface area contributed by atoms with E-state index < -0.39 is 45.4 Å². The fraction of sp³-hybridized carbons (Fsp3) is 0.474. The number of Topliss-reactive ketones (excluding diaryl/α,β-unsaturated/α-hetero) is 1. The molecule has 2 fully saturated rings. The SMILES string of the molecule is CC(C)(O/N=C(\C(=O)CC1C(=O)N2C[C@@](C(=O)O)(n3cc(CN)nn3)S[C@H]12)c1csc(N)n1)C(=O)O. The molecule has 3 atom stereocenters. The van der Waals surface area contributed by atoms with Gasteiger partial charge in [-0.15, -0.1) is 16.4 Å². The van der Waals surface area contributed by atoms with Gasteiger partial charge >= 0.3 is 11.9 Å². The number of oxime groups is 1. The topological polar surface area (TPSA) is 229 Å². The van der Waals surface area contributed by atoms with Gasteiger partial charge in [-0.25, -0.2) is 19.3 Å². The number of carbonyl (C=O) groups is 4. The van der Waals surface area contributed by atoms with Crippen LogP contribution in [0.5, 0.6) is 0 Å². The summed E-state index contributed by atoms with van der Waals surface area (Å²) < 4.78 is 1.17. The van der Waals surface area contributed by atoms with Crippen molar-refractivity contribution in [1.82, 2.24) is 24.9 Å². The third kappa shape index (κ3) is 4.28. The number of anilines is 1. The fourth-order valence-corrected chi connectivity index (χ4v) is 5.75. The molecule has 4 heterocycles. The number of thioether (sulfide) groups is 1. The van der Waals surface area contributed by atoms with Crippen LogP contribution < -0.4 is 11.5 Å². The maximum atomic E-state index is 13.2. The standard InChI is InChI=1S/C19H22N8O7S2/c1-18(2,15(30)31)34-24-12(10-6-35-17(21)22-10)11(28)3-9-13(29)26-7-19(16(32)33,36-14(9)26)27-5-8(4-20)23-25-27/h5-6,9,14H,3-4,7,20H2,1-2H3,(H2,21,22)(H,30,31)(H,32,33)/b24-12-/t9?,14-,19-/m1/s1. The van der Waals surface area contributed by atoms with Crippen LogP contribution >= 0.6 is 23.1 Å². The zero-order valence-corrected chi connectivity index (χ0v) is 20.7. The van der Waals surface area contributed by atoms with Crippen molar-refractivity contribution in [3.63, 3.8) is 0 Å². The number of rotatable bonds is 10. The quantitative estimate of drug-likeness (QED) is 0.166. The zero-order chi connectivity index (χ0) is 26.4. The molecule has 0 radical (unpaired) electrons. The number of β-lactam (4-membered cyclic amide) rings is 1. The van der Waals surface area contributed by atoms with Crippen molar-refractivity contribution in [3.8, 4) is 0 Å². The van der Waals surface area contributed by atoms with E-state index in [0.29, 0.717) is 5.69 Å². The highest BCUT2D eigenvalue weighted by molar-refractivity contribution is 8.01. The number of nitrogens with two attached hydrogens (primary N) is 2. The number of nitrogen functional groups attached to an aromatic ring is 1. The van der Waals surface area contributed by atoms with Crippen molar-refractivity contribution >= 4 is 57.6 Å². The molecule has 0 saturated carbocycles. The molecule has 0 bridgehead atoms. The Bertz CT molecular complexity index is 1270. The number of ketones is 1. The lowest BCUT2D eigenvalue weighted by atomic mass is 9.90. The Labute approximate surface area is 211 Å². The van der Waals surface area contributed by atoms with Gasteiger partial charge in [-0.2, -0.15) is 0 Å². The number of aromatic nitrogens is 4. The second-order valence-corrected chi connectivity index (χ2v) is 10.9. The largest absolute Gasteiger partial charge is 0.479 e. The van der Waals surface area contributed by atoms with Crippen LogP contribution in [0, 0.1) is 5.92 Å². The molecule has 0 aromatic carbocycles. The number of aliphatic carboxylic acids is 2. The van der Waals surface area contributed by atoms with Crippen LogP contribution in [0.1, 0.15) is 31.7 Å². The van der Waals surface area contributed by atoms with Crippen LogP contribution in [-0.2, 0) is 35.4 Å². The van der Waals surface area contributed by atoms with E-state index in [1.165, 1.54) is 35.0 Å². The van der Waals surface area contributed by atoms with E-state index >= 15 is 0 Å². The first kappa shape index (κ1) is 25.5. The van der Waals surface area contributed by atoms with E-state index in [-0.39, 0.29) is 36.0 Å². The monoisotopic (exact) mass is 538 g/mol. The van der Waals surface area contributed by atoms with Crippen molar-refractivity contribution in [2.75, 3.05) is 12.3 Å². The van der Waals surface area contributed by atoms with Crippen LogP contribution in [0.4, 0.5) is 5.13 Å². The molecule has 6 N–H and O–H groups in total. The summed E-state index contributed by atoms with van der Waals surface area (Å²) in [4.78, 5) is 58.6. The molecule has 4 rings (SSSR count). The van der Waals surface area contributed by atoms with Crippen molar-refractivity contribution in [3.05, 3.63) is 23.0 Å². The van der Waals surface area contributed by atoms with Crippen molar-refractivity contribution in [2.24, 2.45) is 16.8 Å². The minimum Gasteiger partial charge on any atom is -0.479 e. The molecule has 2 saturated heterocycles. The summed E-state index contributed by atoms with van der Waals surface area (Å²) in [6.45, 7) is 2.40. The van der Waals surface area contributed by atoms with E-state index in [9.17, 15) is 29.4 Å². The average Bonchev–Trinajstić information content (AvgIpc) is 3.55. The molecule has 0 aliphatic carbocycles. The van der Waals surface area contributed by atoms with Gasteiger partial charge in [0.25, 0.3) is 0 Å². The Kier molecular flexibility index (Phi) is 6.48.